The predicted octanol–water partition coefficient (Wildman–Crippen LogP) is 3.26. The lowest BCUT2D eigenvalue weighted by Crippen LogP contribution is -2.47. The lowest BCUT2D eigenvalue weighted by molar-refractivity contribution is -0.113. The van der Waals surface area contributed by atoms with Crippen LogP contribution in [0.4, 0.5) is 5.69 Å². The first kappa shape index (κ1) is 17.9. The van der Waals surface area contributed by atoms with Crippen LogP contribution in [-0.4, -0.2) is 40.0 Å². The third-order valence-electron chi connectivity index (χ3n) is 4.12. The Morgan fingerprint density at radius 1 is 1.12 bits per heavy atom. The third kappa shape index (κ3) is 2.83. The Morgan fingerprint density at radius 2 is 1.76 bits per heavy atom. The molecule has 0 N–H and O–H groups in total. The minimum atomic E-state index is -0.722. The zero-order chi connectivity index (χ0) is 18.4. The topological polar surface area (TPSA) is 62.2 Å². The summed E-state index contributed by atoms with van der Waals surface area (Å²) in [5, 5.41) is 6.78. The number of methoxy groups -OCH3 is 1. The van der Waals surface area contributed by atoms with Crippen LogP contribution in [0.2, 0.25) is 0 Å². The Labute approximate surface area is 155 Å². The van der Waals surface area contributed by atoms with E-state index in [1.54, 1.807) is 19.0 Å². The SMILES string of the molecule is COc1ccc(N2N=C(C(C)=O)SC23SC(C(C)=O)=C(C)N3C)cc1. The molecule has 0 fully saturated rings. The van der Waals surface area contributed by atoms with E-state index in [2.05, 4.69) is 5.10 Å². The summed E-state index contributed by atoms with van der Waals surface area (Å²) in [6.07, 6.45) is 0. The zero-order valence-corrected chi connectivity index (χ0v) is 16.3. The lowest BCUT2D eigenvalue weighted by atomic mass is 10.3. The van der Waals surface area contributed by atoms with Gasteiger partial charge in [0.15, 0.2) is 16.6 Å². The van der Waals surface area contributed by atoms with Crippen molar-refractivity contribution in [3.05, 3.63) is 34.9 Å². The molecule has 0 saturated carbocycles. The number of carbonyl (C=O) groups excluding carboxylic acids is 2. The monoisotopic (exact) mass is 377 g/mol. The molecule has 2 aliphatic heterocycles. The quantitative estimate of drug-likeness (QED) is 0.798. The number of ether oxygens (including phenoxy) is 1. The molecule has 1 aromatic rings. The van der Waals surface area contributed by atoms with Gasteiger partial charge >= 0.3 is 0 Å². The summed E-state index contributed by atoms with van der Waals surface area (Å²) < 4.78 is 4.49. The summed E-state index contributed by atoms with van der Waals surface area (Å²) in [5.41, 5.74) is 1.70. The molecule has 1 aromatic carbocycles. The number of Topliss-reactive ketones (excluding diaryl/α,β-unsaturated/α-hetero) is 2. The van der Waals surface area contributed by atoms with Crippen LogP contribution in [-0.2, 0) is 9.59 Å². The van der Waals surface area contributed by atoms with Crippen molar-refractivity contribution in [3.8, 4) is 5.75 Å². The van der Waals surface area contributed by atoms with Crippen molar-refractivity contribution in [2.75, 3.05) is 19.2 Å². The van der Waals surface area contributed by atoms with Gasteiger partial charge in [0.1, 0.15) is 5.75 Å². The van der Waals surface area contributed by atoms with Crippen LogP contribution in [0.5, 0.6) is 5.75 Å². The van der Waals surface area contributed by atoms with Crippen molar-refractivity contribution in [1.82, 2.24) is 4.90 Å². The van der Waals surface area contributed by atoms with Crippen molar-refractivity contribution in [2.24, 2.45) is 5.10 Å². The Bertz CT molecular complexity index is 804. The second-order valence-electron chi connectivity index (χ2n) is 5.75. The average molecular weight is 377 g/mol. The molecule has 2 aliphatic rings. The van der Waals surface area contributed by atoms with Gasteiger partial charge < -0.3 is 9.64 Å². The number of hydrogen-bond acceptors (Lipinski definition) is 8. The number of nitrogens with zero attached hydrogens (tertiary/aromatic N) is 3. The Kier molecular flexibility index (Phi) is 4.59. The summed E-state index contributed by atoms with van der Waals surface area (Å²) in [6, 6.07) is 7.48. The lowest BCUT2D eigenvalue weighted by Gasteiger charge is -2.39. The standard InChI is InChI=1S/C17H19N3O3S2/c1-10-15(11(2)21)24-17(19(10)4)20(18-16(25-17)12(3)22)13-6-8-14(23-5)9-7-13/h6-9H,1-5H3. The first-order chi connectivity index (χ1) is 11.8. The number of hydrogen-bond donors (Lipinski definition) is 0. The molecule has 0 radical (unpaired) electrons. The van der Waals surface area contributed by atoms with E-state index in [1.807, 2.05) is 43.1 Å². The summed E-state index contributed by atoms with van der Waals surface area (Å²) >= 11 is 2.79. The van der Waals surface area contributed by atoms with E-state index in [0.717, 1.165) is 17.1 Å². The number of thioether (sulfide) groups is 2. The van der Waals surface area contributed by atoms with Crippen LogP contribution in [0.1, 0.15) is 20.8 Å². The van der Waals surface area contributed by atoms with Gasteiger partial charge in [-0.3, -0.25) is 9.59 Å². The van der Waals surface area contributed by atoms with Gasteiger partial charge in [-0.1, -0.05) is 11.8 Å². The molecule has 0 aliphatic carbocycles. The maximum Gasteiger partial charge on any atom is 0.241 e. The second kappa shape index (κ2) is 6.42. The number of ketones is 2. The highest BCUT2D eigenvalue weighted by molar-refractivity contribution is 8.28. The molecule has 0 aromatic heterocycles. The van der Waals surface area contributed by atoms with E-state index in [1.165, 1.54) is 30.4 Å². The van der Waals surface area contributed by atoms with E-state index in [4.69, 9.17) is 4.74 Å². The van der Waals surface area contributed by atoms with Crippen molar-refractivity contribution >= 4 is 45.8 Å². The Morgan fingerprint density at radius 3 is 2.24 bits per heavy atom. The summed E-state index contributed by atoms with van der Waals surface area (Å²) in [5.74, 6) is 0.660. The predicted molar refractivity (Wildman–Crippen MR) is 103 cm³/mol. The van der Waals surface area contributed by atoms with Crippen LogP contribution in [0, 0.1) is 0 Å². The molecule has 25 heavy (non-hydrogen) atoms. The molecule has 0 saturated heterocycles. The van der Waals surface area contributed by atoms with Gasteiger partial charge in [-0.15, -0.1) is 0 Å². The molecule has 132 valence electrons. The summed E-state index contributed by atoms with van der Waals surface area (Å²) in [7, 11) is 3.53. The minimum absolute atomic E-state index is 0.0118. The number of benzene rings is 1. The summed E-state index contributed by atoms with van der Waals surface area (Å²) in [6.45, 7) is 4.97. The number of anilines is 1. The maximum atomic E-state index is 12.0. The molecule has 1 atom stereocenters. The van der Waals surface area contributed by atoms with Gasteiger partial charge in [0.05, 0.1) is 17.7 Å². The highest BCUT2D eigenvalue weighted by Gasteiger charge is 2.55. The first-order valence-electron chi connectivity index (χ1n) is 7.67. The molecule has 0 bridgehead atoms. The van der Waals surface area contributed by atoms with E-state index >= 15 is 0 Å². The molecule has 1 unspecified atom stereocenters. The van der Waals surface area contributed by atoms with E-state index in [9.17, 15) is 9.59 Å². The molecular formula is C17H19N3O3S2. The van der Waals surface area contributed by atoms with Crippen LogP contribution in [0.25, 0.3) is 0 Å². The Balaban J connectivity index is 2.06. The van der Waals surface area contributed by atoms with Crippen LogP contribution in [0.15, 0.2) is 40.0 Å². The van der Waals surface area contributed by atoms with E-state index in [-0.39, 0.29) is 11.6 Å². The normalized spacial score (nSPS) is 22.7. The average Bonchev–Trinajstić information content (AvgIpc) is 3.10. The molecular weight excluding hydrogens is 358 g/mol. The number of hydrazone groups is 1. The third-order valence-corrected chi connectivity index (χ3v) is 7.39. The van der Waals surface area contributed by atoms with E-state index in [0.29, 0.717) is 9.95 Å². The van der Waals surface area contributed by atoms with E-state index < -0.39 is 4.33 Å². The van der Waals surface area contributed by atoms with Gasteiger partial charge in [-0.2, -0.15) is 5.10 Å². The number of carbonyl (C=O) groups is 2. The summed E-state index contributed by atoms with van der Waals surface area (Å²) in [4.78, 5) is 26.7. The largest absolute Gasteiger partial charge is 0.497 e. The molecule has 3 rings (SSSR count). The van der Waals surface area contributed by atoms with Gasteiger partial charge in [0.2, 0.25) is 4.33 Å². The van der Waals surface area contributed by atoms with Gasteiger partial charge in [-0.05, 0) is 49.9 Å². The fourth-order valence-electron chi connectivity index (χ4n) is 2.67. The van der Waals surface area contributed by atoms with Crippen molar-refractivity contribution < 1.29 is 14.3 Å². The maximum absolute atomic E-state index is 12.0. The highest BCUT2D eigenvalue weighted by atomic mass is 32.2. The fourth-order valence-corrected chi connectivity index (χ4v) is 5.55. The smallest absolute Gasteiger partial charge is 0.241 e. The highest BCUT2D eigenvalue weighted by Crippen LogP contribution is 2.58. The molecule has 8 heteroatoms. The molecule has 2 heterocycles. The molecule has 0 amide bonds. The van der Waals surface area contributed by atoms with Crippen LogP contribution < -0.4 is 9.75 Å². The van der Waals surface area contributed by atoms with Gasteiger partial charge in [-0.25, -0.2) is 5.01 Å². The van der Waals surface area contributed by atoms with Crippen LogP contribution >= 0.6 is 23.5 Å². The van der Waals surface area contributed by atoms with Crippen molar-refractivity contribution in [3.63, 3.8) is 0 Å². The first-order valence-corrected chi connectivity index (χ1v) is 9.31. The second-order valence-corrected chi connectivity index (χ2v) is 8.35. The number of allylic oxidation sites excluding steroid dienone is 2. The van der Waals surface area contributed by atoms with Gasteiger partial charge in [0.25, 0.3) is 0 Å². The van der Waals surface area contributed by atoms with Crippen LogP contribution in [0.3, 0.4) is 0 Å². The van der Waals surface area contributed by atoms with Gasteiger partial charge in [0, 0.05) is 19.7 Å². The number of rotatable bonds is 4. The minimum Gasteiger partial charge on any atom is -0.497 e. The fraction of sp³-hybridized carbons (Fsp3) is 0.353. The molecule has 1 spiro atoms. The Hall–Kier alpha value is -1.93. The van der Waals surface area contributed by atoms with Crippen molar-refractivity contribution in [2.45, 2.75) is 25.1 Å². The zero-order valence-electron chi connectivity index (χ0n) is 14.7. The molecule has 6 nitrogen and oxygen atoms in total. The van der Waals surface area contributed by atoms with Crippen molar-refractivity contribution in [1.29, 1.82) is 0 Å².